The number of rotatable bonds is 3. The Bertz CT molecular complexity index is 733. The molecule has 0 saturated carbocycles. The lowest BCUT2D eigenvalue weighted by molar-refractivity contribution is -0.137. The van der Waals surface area contributed by atoms with Crippen LogP contribution in [0.15, 0.2) is 48.5 Å². The molecule has 3 nitrogen and oxygen atoms in total. The van der Waals surface area contributed by atoms with Gasteiger partial charge in [0.05, 0.1) is 22.8 Å². The molecular weight excluding hydrogens is 295 g/mol. The van der Waals surface area contributed by atoms with E-state index < -0.39 is 17.7 Å². The van der Waals surface area contributed by atoms with Crippen molar-refractivity contribution >= 4 is 5.97 Å². The van der Waals surface area contributed by atoms with Gasteiger partial charge in [0.25, 0.3) is 0 Å². The molecule has 0 bridgehead atoms. The van der Waals surface area contributed by atoms with Gasteiger partial charge >= 0.3 is 12.1 Å². The molecule has 0 aliphatic rings. The molecule has 0 atom stereocenters. The van der Waals surface area contributed by atoms with E-state index in [2.05, 4.69) is 0 Å². The van der Waals surface area contributed by atoms with Crippen LogP contribution in [-0.4, -0.2) is 5.97 Å². The van der Waals surface area contributed by atoms with E-state index in [1.54, 1.807) is 24.3 Å². The summed E-state index contributed by atoms with van der Waals surface area (Å²) in [5.74, 6) is -0.876. The molecule has 0 fully saturated rings. The molecule has 6 heteroatoms. The van der Waals surface area contributed by atoms with Crippen molar-refractivity contribution in [3.05, 3.63) is 70.8 Å². The third-order valence-corrected chi connectivity index (χ3v) is 2.92. The molecule has 0 aliphatic heterocycles. The van der Waals surface area contributed by atoms with Gasteiger partial charge in [0, 0.05) is 5.56 Å². The summed E-state index contributed by atoms with van der Waals surface area (Å²) in [6.45, 7) is -0.182. The molecule has 0 heterocycles. The van der Waals surface area contributed by atoms with Crippen LogP contribution in [0.3, 0.4) is 0 Å². The van der Waals surface area contributed by atoms with Crippen LogP contribution in [0.1, 0.15) is 27.0 Å². The number of halogens is 3. The van der Waals surface area contributed by atoms with Crippen LogP contribution in [0.25, 0.3) is 0 Å². The van der Waals surface area contributed by atoms with Crippen LogP contribution in [0.5, 0.6) is 0 Å². The molecule has 0 radical (unpaired) electrons. The van der Waals surface area contributed by atoms with Gasteiger partial charge in [-0.3, -0.25) is 0 Å². The molecule has 0 N–H and O–H groups in total. The first-order chi connectivity index (χ1) is 10.4. The number of hydrogen-bond donors (Lipinski definition) is 0. The summed E-state index contributed by atoms with van der Waals surface area (Å²) >= 11 is 0. The number of alkyl halides is 3. The number of nitriles is 1. The van der Waals surface area contributed by atoms with Gasteiger partial charge in [-0.05, 0) is 24.3 Å². The zero-order chi connectivity index (χ0) is 16.2. The maximum atomic E-state index is 12.6. The van der Waals surface area contributed by atoms with E-state index in [0.29, 0.717) is 11.1 Å². The summed E-state index contributed by atoms with van der Waals surface area (Å²) in [7, 11) is 0. The van der Waals surface area contributed by atoms with Crippen LogP contribution in [0.2, 0.25) is 0 Å². The molecule has 22 heavy (non-hydrogen) atoms. The third-order valence-electron chi connectivity index (χ3n) is 2.92. The first-order valence-electron chi connectivity index (χ1n) is 6.24. The molecule has 0 unspecified atom stereocenters. The Morgan fingerprint density at radius 3 is 2.55 bits per heavy atom. The van der Waals surface area contributed by atoms with Crippen molar-refractivity contribution in [2.45, 2.75) is 12.8 Å². The Morgan fingerprint density at radius 1 is 1.14 bits per heavy atom. The van der Waals surface area contributed by atoms with Crippen LogP contribution < -0.4 is 0 Å². The van der Waals surface area contributed by atoms with Crippen LogP contribution in [-0.2, 0) is 17.5 Å². The number of ether oxygens (including phenoxy) is 1. The van der Waals surface area contributed by atoms with E-state index in [4.69, 9.17) is 10.00 Å². The van der Waals surface area contributed by atoms with Crippen molar-refractivity contribution in [2.75, 3.05) is 0 Å². The van der Waals surface area contributed by atoms with Gasteiger partial charge in [-0.15, -0.1) is 0 Å². The molecular formula is C16H10F3NO2. The summed E-state index contributed by atoms with van der Waals surface area (Å²) in [6.07, 6.45) is -4.52. The molecule has 0 aromatic heterocycles. The monoisotopic (exact) mass is 305 g/mol. The second kappa shape index (κ2) is 6.31. The summed E-state index contributed by atoms with van der Waals surface area (Å²) < 4.78 is 42.7. The van der Waals surface area contributed by atoms with E-state index in [9.17, 15) is 18.0 Å². The quantitative estimate of drug-likeness (QED) is 0.807. The lowest BCUT2D eigenvalue weighted by Crippen LogP contribution is -2.10. The van der Waals surface area contributed by atoms with E-state index in [1.807, 2.05) is 6.07 Å². The molecule has 0 spiro atoms. The van der Waals surface area contributed by atoms with Crippen LogP contribution in [0, 0.1) is 11.3 Å². The molecule has 0 amide bonds. The largest absolute Gasteiger partial charge is 0.457 e. The molecule has 0 aliphatic carbocycles. The maximum Gasteiger partial charge on any atom is 0.416 e. The topological polar surface area (TPSA) is 50.1 Å². The van der Waals surface area contributed by atoms with Crippen molar-refractivity contribution in [3.63, 3.8) is 0 Å². The highest BCUT2D eigenvalue weighted by Crippen LogP contribution is 2.29. The van der Waals surface area contributed by atoms with E-state index in [1.165, 1.54) is 6.07 Å². The normalized spacial score (nSPS) is 10.8. The third kappa shape index (κ3) is 3.64. The number of esters is 1. The number of benzene rings is 2. The van der Waals surface area contributed by atoms with Crippen molar-refractivity contribution in [2.24, 2.45) is 0 Å². The fraction of sp³-hybridized carbons (Fsp3) is 0.125. The number of carbonyl (C=O) groups excluding carboxylic acids is 1. The molecule has 2 rings (SSSR count). The smallest absolute Gasteiger partial charge is 0.416 e. The Balaban J connectivity index is 2.12. The highest BCUT2D eigenvalue weighted by atomic mass is 19.4. The SMILES string of the molecule is N#Cc1ccccc1COC(=O)c1cccc(C(F)(F)F)c1. The van der Waals surface area contributed by atoms with Crippen molar-refractivity contribution in [3.8, 4) is 6.07 Å². The van der Waals surface area contributed by atoms with Gasteiger partial charge in [0.15, 0.2) is 0 Å². The Morgan fingerprint density at radius 2 is 1.86 bits per heavy atom. The molecule has 2 aromatic carbocycles. The lowest BCUT2D eigenvalue weighted by atomic mass is 10.1. The minimum atomic E-state index is -4.52. The average Bonchev–Trinajstić information content (AvgIpc) is 2.52. The Kier molecular flexibility index (Phi) is 4.47. The van der Waals surface area contributed by atoms with Crippen molar-refractivity contribution in [1.29, 1.82) is 5.26 Å². The first kappa shape index (κ1) is 15.6. The lowest BCUT2D eigenvalue weighted by Gasteiger charge is -2.09. The highest BCUT2D eigenvalue weighted by Gasteiger charge is 2.31. The fourth-order valence-electron chi connectivity index (χ4n) is 1.80. The van der Waals surface area contributed by atoms with Gasteiger partial charge in [-0.25, -0.2) is 4.79 Å². The summed E-state index contributed by atoms with van der Waals surface area (Å²) in [5.41, 5.74) is -0.270. The predicted molar refractivity (Wildman–Crippen MR) is 71.7 cm³/mol. The number of carbonyl (C=O) groups is 1. The minimum Gasteiger partial charge on any atom is -0.457 e. The molecule has 0 saturated heterocycles. The Labute approximate surface area is 124 Å². The van der Waals surface area contributed by atoms with Gasteiger partial charge in [0.1, 0.15) is 6.61 Å². The number of hydrogen-bond acceptors (Lipinski definition) is 3. The zero-order valence-electron chi connectivity index (χ0n) is 11.2. The van der Waals surface area contributed by atoms with E-state index in [0.717, 1.165) is 18.2 Å². The predicted octanol–water partition coefficient (Wildman–Crippen LogP) is 3.93. The van der Waals surface area contributed by atoms with E-state index in [-0.39, 0.29) is 12.2 Å². The second-order valence-corrected chi connectivity index (χ2v) is 4.42. The maximum absolute atomic E-state index is 12.6. The average molecular weight is 305 g/mol. The minimum absolute atomic E-state index is 0.182. The number of nitrogens with zero attached hydrogens (tertiary/aromatic N) is 1. The molecule has 112 valence electrons. The molecule has 2 aromatic rings. The second-order valence-electron chi connectivity index (χ2n) is 4.42. The van der Waals surface area contributed by atoms with E-state index >= 15 is 0 Å². The van der Waals surface area contributed by atoms with Gasteiger partial charge in [0.2, 0.25) is 0 Å². The Hall–Kier alpha value is -2.81. The van der Waals surface area contributed by atoms with Crippen molar-refractivity contribution in [1.82, 2.24) is 0 Å². The first-order valence-corrected chi connectivity index (χ1v) is 6.24. The van der Waals surface area contributed by atoms with Crippen molar-refractivity contribution < 1.29 is 22.7 Å². The summed E-state index contributed by atoms with van der Waals surface area (Å²) in [4.78, 5) is 11.8. The summed E-state index contributed by atoms with van der Waals surface area (Å²) in [5, 5.41) is 8.91. The standard InChI is InChI=1S/C16H10F3NO2/c17-16(18,19)14-7-3-6-11(8-14)15(21)22-10-13-5-2-1-4-12(13)9-20/h1-8H,10H2. The highest BCUT2D eigenvalue weighted by molar-refractivity contribution is 5.89. The van der Waals surface area contributed by atoms with Gasteiger partial charge in [-0.2, -0.15) is 18.4 Å². The fourth-order valence-corrected chi connectivity index (χ4v) is 1.80. The van der Waals surface area contributed by atoms with Crippen LogP contribution in [0.4, 0.5) is 13.2 Å². The zero-order valence-corrected chi connectivity index (χ0v) is 11.2. The summed E-state index contributed by atoms with van der Waals surface area (Å²) in [6, 6.07) is 12.5. The van der Waals surface area contributed by atoms with Crippen LogP contribution >= 0.6 is 0 Å². The van der Waals surface area contributed by atoms with Gasteiger partial charge < -0.3 is 4.74 Å². The van der Waals surface area contributed by atoms with Gasteiger partial charge in [-0.1, -0.05) is 24.3 Å².